The van der Waals surface area contributed by atoms with Crippen molar-refractivity contribution in [3.8, 4) is 22.9 Å². The van der Waals surface area contributed by atoms with Crippen molar-refractivity contribution < 1.29 is 14.6 Å². The van der Waals surface area contributed by atoms with E-state index in [0.29, 0.717) is 39.8 Å². The first-order chi connectivity index (χ1) is 17.0. The number of rotatable bonds is 5. The topological polar surface area (TPSA) is 89.1 Å². The van der Waals surface area contributed by atoms with Gasteiger partial charge >= 0.3 is 0 Å². The minimum absolute atomic E-state index is 0.0385. The second-order valence-corrected chi connectivity index (χ2v) is 8.80. The number of carbonyl (C=O) groups excluding carboxylic acids is 1. The molecule has 0 radical (unpaired) electrons. The molecule has 174 valence electrons. The standard InChI is InChI=1S/C27H21BrN4O3/c1-3-32-24-12-9-17(28)13-21(24)25(27(32)34)30-31-26(33)20-15-23(16-7-5-4-6-8-16)29-22-11-10-18(35-2)14-19(20)22/h4-15,34H,3H2,1-2H3. The number of aromatic hydroxyl groups is 1. The van der Waals surface area contributed by atoms with Crippen LogP contribution in [0.1, 0.15) is 17.3 Å². The predicted molar refractivity (Wildman–Crippen MR) is 140 cm³/mol. The Morgan fingerprint density at radius 3 is 2.60 bits per heavy atom. The second kappa shape index (κ2) is 9.31. The van der Waals surface area contributed by atoms with Crippen LogP contribution in [0.15, 0.2) is 87.5 Å². The van der Waals surface area contributed by atoms with Gasteiger partial charge in [0.05, 0.1) is 29.4 Å². The predicted octanol–water partition coefficient (Wildman–Crippen LogP) is 7.28. The van der Waals surface area contributed by atoms with Crippen LogP contribution < -0.4 is 4.74 Å². The first kappa shape index (κ1) is 22.7. The average molecular weight is 529 g/mol. The van der Waals surface area contributed by atoms with Gasteiger partial charge in [0.1, 0.15) is 5.75 Å². The van der Waals surface area contributed by atoms with Gasteiger partial charge in [-0.2, -0.15) is 0 Å². The quantitative estimate of drug-likeness (QED) is 0.243. The number of azo groups is 1. The summed E-state index contributed by atoms with van der Waals surface area (Å²) in [4.78, 5) is 18.1. The first-order valence-electron chi connectivity index (χ1n) is 11.0. The highest BCUT2D eigenvalue weighted by molar-refractivity contribution is 9.10. The summed E-state index contributed by atoms with van der Waals surface area (Å²) in [7, 11) is 1.57. The lowest BCUT2D eigenvalue weighted by molar-refractivity contribution is 0.0996. The number of hydrogen-bond acceptors (Lipinski definition) is 5. The fraction of sp³-hybridized carbons (Fsp3) is 0.111. The molecule has 3 aromatic carbocycles. The summed E-state index contributed by atoms with van der Waals surface area (Å²) in [5.74, 6) is 0.0178. The molecule has 0 fully saturated rings. The Morgan fingerprint density at radius 1 is 1.06 bits per heavy atom. The second-order valence-electron chi connectivity index (χ2n) is 7.89. The van der Waals surface area contributed by atoms with Crippen molar-refractivity contribution >= 4 is 49.3 Å². The van der Waals surface area contributed by atoms with E-state index in [0.717, 1.165) is 15.6 Å². The summed E-state index contributed by atoms with van der Waals surface area (Å²) in [5.41, 5.74) is 3.56. The van der Waals surface area contributed by atoms with Crippen molar-refractivity contribution in [2.45, 2.75) is 13.5 Å². The molecule has 5 aromatic rings. The van der Waals surface area contributed by atoms with Gasteiger partial charge in [-0.25, -0.2) is 4.98 Å². The lowest BCUT2D eigenvalue weighted by Crippen LogP contribution is -1.99. The van der Waals surface area contributed by atoms with E-state index in [9.17, 15) is 9.90 Å². The van der Waals surface area contributed by atoms with Crippen LogP contribution >= 0.6 is 15.9 Å². The third-order valence-corrected chi connectivity index (χ3v) is 6.34. The van der Waals surface area contributed by atoms with E-state index in [2.05, 4.69) is 26.2 Å². The highest BCUT2D eigenvalue weighted by Gasteiger charge is 2.18. The van der Waals surface area contributed by atoms with Gasteiger partial charge < -0.3 is 14.4 Å². The summed E-state index contributed by atoms with van der Waals surface area (Å²) in [6.45, 7) is 2.47. The Balaban J connectivity index is 1.65. The van der Waals surface area contributed by atoms with Gasteiger partial charge in [0.2, 0.25) is 5.88 Å². The van der Waals surface area contributed by atoms with Crippen LogP contribution in [0.25, 0.3) is 33.1 Å². The molecule has 8 heteroatoms. The van der Waals surface area contributed by atoms with Gasteiger partial charge in [-0.15, -0.1) is 10.2 Å². The highest BCUT2D eigenvalue weighted by atomic mass is 79.9. The number of aryl methyl sites for hydroxylation is 1. The fourth-order valence-corrected chi connectivity index (χ4v) is 4.49. The number of fused-ring (bicyclic) bond motifs is 2. The minimum Gasteiger partial charge on any atom is -0.497 e. The third-order valence-electron chi connectivity index (χ3n) is 5.84. The van der Waals surface area contributed by atoms with Crippen LogP contribution in [0.3, 0.4) is 0 Å². The lowest BCUT2D eigenvalue weighted by atomic mass is 10.0. The number of ether oxygens (including phenoxy) is 1. The lowest BCUT2D eigenvalue weighted by Gasteiger charge is -2.09. The zero-order valence-electron chi connectivity index (χ0n) is 19.1. The monoisotopic (exact) mass is 528 g/mol. The molecule has 0 saturated carbocycles. The zero-order chi connectivity index (χ0) is 24.5. The van der Waals surface area contributed by atoms with E-state index in [-0.39, 0.29) is 11.6 Å². The molecular formula is C27H21BrN4O3. The molecule has 5 rings (SSSR count). The van der Waals surface area contributed by atoms with Crippen molar-refractivity contribution in [3.63, 3.8) is 0 Å². The number of methoxy groups -OCH3 is 1. The maximum atomic E-state index is 13.4. The molecule has 7 nitrogen and oxygen atoms in total. The zero-order valence-corrected chi connectivity index (χ0v) is 20.7. The van der Waals surface area contributed by atoms with E-state index in [1.54, 1.807) is 29.9 Å². The Kier molecular flexibility index (Phi) is 6.05. The van der Waals surface area contributed by atoms with Gasteiger partial charge in [0.15, 0.2) is 5.69 Å². The van der Waals surface area contributed by atoms with Crippen LogP contribution in [0, 0.1) is 0 Å². The molecule has 2 aromatic heterocycles. The molecule has 0 spiro atoms. The Morgan fingerprint density at radius 2 is 1.86 bits per heavy atom. The molecule has 0 saturated heterocycles. The van der Waals surface area contributed by atoms with Crippen LogP contribution in [0.4, 0.5) is 5.69 Å². The molecule has 0 aliphatic rings. The number of halogens is 1. The number of amides is 1. The summed E-state index contributed by atoms with van der Waals surface area (Å²) < 4.78 is 7.92. The van der Waals surface area contributed by atoms with Gasteiger partial charge in [0.25, 0.3) is 5.91 Å². The van der Waals surface area contributed by atoms with Crippen molar-refractivity contribution in [2.75, 3.05) is 7.11 Å². The number of nitrogens with zero attached hydrogens (tertiary/aromatic N) is 4. The van der Waals surface area contributed by atoms with Crippen LogP contribution in [0.5, 0.6) is 11.6 Å². The Bertz CT molecular complexity index is 1610. The fourth-order valence-electron chi connectivity index (χ4n) is 4.13. The van der Waals surface area contributed by atoms with Crippen molar-refractivity contribution in [2.24, 2.45) is 10.2 Å². The summed E-state index contributed by atoms with van der Waals surface area (Å²) >= 11 is 3.46. The third kappa shape index (κ3) is 4.17. The summed E-state index contributed by atoms with van der Waals surface area (Å²) in [5, 5.41) is 20.3. The molecule has 2 heterocycles. The highest BCUT2D eigenvalue weighted by Crippen LogP contribution is 2.40. The molecule has 0 unspecified atom stereocenters. The van der Waals surface area contributed by atoms with Crippen molar-refractivity contribution in [1.29, 1.82) is 0 Å². The van der Waals surface area contributed by atoms with E-state index in [1.807, 2.05) is 61.5 Å². The Labute approximate surface area is 209 Å². The molecule has 0 atom stereocenters. The van der Waals surface area contributed by atoms with Crippen molar-refractivity contribution in [3.05, 3.63) is 82.8 Å². The molecule has 0 aliphatic heterocycles. The maximum absolute atomic E-state index is 13.4. The van der Waals surface area contributed by atoms with E-state index >= 15 is 0 Å². The molecule has 1 amide bonds. The number of benzene rings is 3. The smallest absolute Gasteiger partial charge is 0.296 e. The van der Waals surface area contributed by atoms with Crippen molar-refractivity contribution in [1.82, 2.24) is 9.55 Å². The van der Waals surface area contributed by atoms with E-state index in [1.165, 1.54) is 0 Å². The van der Waals surface area contributed by atoms with E-state index in [4.69, 9.17) is 9.72 Å². The van der Waals surface area contributed by atoms with Gasteiger partial charge in [-0.05, 0) is 49.4 Å². The molecule has 1 N–H and O–H groups in total. The minimum atomic E-state index is -0.547. The van der Waals surface area contributed by atoms with Crippen LogP contribution in [-0.4, -0.2) is 27.7 Å². The number of pyridine rings is 1. The summed E-state index contributed by atoms with van der Waals surface area (Å²) in [6.07, 6.45) is 0. The molecule has 0 bridgehead atoms. The normalized spacial score (nSPS) is 11.5. The molecular weight excluding hydrogens is 508 g/mol. The largest absolute Gasteiger partial charge is 0.497 e. The number of hydrogen-bond donors (Lipinski definition) is 1. The maximum Gasteiger partial charge on any atom is 0.296 e. The van der Waals surface area contributed by atoms with Gasteiger partial charge in [-0.3, -0.25) is 4.79 Å². The van der Waals surface area contributed by atoms with Crippen LogP contribution in [-0.2, 0) is 6.54 Å². The van der Waals surface area contributed by atoms with E-state index < -0.39 is 5.91 Å². The first-order valence-corrected chi connectivity index (χ1v) is 11.8. The van der Waals surface area contributed by atoms with Gasteiger partial charge in [-0.1, -0.05) is 46.3 Å². The number of carbonyl (C=O) groups is 1. The summed E-state index contributed by atoms with van der Waals surface area (Å²) in [6, 6.07) is 22.3. The molecule has 35 heavy (non-hydrogen) atoms. The number of aromatic nitrogens is 2. The van der Waals surface area contributed by atoms with Gasteiger partial charge in [0, 0.05) is 27.4 Å². The Hall–Kier alpha value is -4.04. The average Bonchev–Trinajstić information content (AvgIpc) is 3.16. The SMILES string of the molecule is CCn1c(O)c(N=NC(=O)c2cc(-c3ccccc3)nc3ccc(OC)cc23)c2cc(Br)ccc21. The van der Waals surface area contributed by atoms with Crippen LogP contribution in [0.2, 0.25) is 0 Å². The molecule has 0 aliphatic carbocycles.